The van der Waals surface area contributed by atoms with Gasteiger partial charge >= 0.3 is 0 Å². The molecule has 92 valence electrons. The van der Waals surface area contributed by atoms with Crippen LogP contribution in [0.2, 0.25) is 0 Å². The van der Waals surface area contributed by atoms with Crippen LogP contribution in [0.25, 0.3) is 0 Å². The lowest BCUT2D eigenvalue weighted by atomic mass is 9.95. The van der Waals surface area contributed by atoms with Gasteiger partial charge in [-0.25, -0.2) is 0 Å². The van der Waals surface area contributed by atoms with Crippen molar-refractivity contribution in [3.63, 3.8) is 0 Å². The molecule has 1 aliphatic rings. The van der Waals surface area contributed by atoms with Crippen LogP contribution in [0.3, 0.4) is 0 Å². The van der Waals surface area contributed by atoms with Gasteiger partial charge in [-0.2, -0.15) is 0 Å². The van der Waals surface area contributed by atoms with Crippen LogP contribution in [0.15, 0.2) is 18.2 Å². The van der Waals surface area contributed by atoms with Crippen LogP contribution in [0.5, 0.6) is 0 Å². The molecule has 1 amide bonds. The van der Waals surface area contributed by atoms with E-state index in [9.17, 15) is 9.90 Å². The Bertz CT molecular complexity index is 429. The number of rotatable bonds is 3. The lowest BCUT2D eigenvalue weighted by Gasteiger charge is -2.23. The van der Waals surface area contributed by atoms with Gasteiger partial charge in [-0.05, 0) is 37.6 Å². The number of fused-ring (bicyclic) bond motifs is 1. The molecule has 0 bridgehead atoms. The highest BCUT2D eigenvalue weighted by atomic mass is 16.3. The predicted octanol–water partition coefficient (Wildman–Crippen LogP) is 1.21. The summed E-state index contributed by atoms with van der Waals surface area (Å²) in [4.78, 5) is 11.2. The fraction of sp³-hybridized carbons (Fsp3) is 0.462. The molecule has 0 spiro atoms. The maximum absolute atomic E-state index is 11.2. The quantitative estimate of drug-likeness (QED) is 0.736. The first-order valence-electron chi connectivity index (χ1n) is 5.90. The zero-order chi connectivity index (χ0) is 12.4. The number of likely N-dealkylation sites (N-methyl/N-ethyl adjacent to an activating group) is 1. The Morgan fingerprint density at radius 3 is 2.82 bits per heavy atom. The molecule has 0 saturated heterocycles. The van der Waals surface area contributed by atoms with Gasteiger partial charge in [-0.3, -0.25) is 4.79 Å². The summed E-state index contributed by atoms with van der Waals surface area (Å²) < 4.78 is 0. The average Bonchev–Trinajstić information content (AvgIpc) is 2.29. The van der Waals surface area contributed by atoms with Crippen molar-refractivity contribution < 1.29 is 9.90 Å². The molecular weight excluding hydrogens is 216 g/mol. The third-order valence-corrected chi connectivity index (χ3v) is 3.18. The van der Waals surface area contributed by atoms with Gasteiger partial charge in [0.05, 0.1) is 12.1 Å². The minimum atomic E-state index is -0.448. The number of hydrogen-bond acceptors (Lipinski definition) is 3. The minimum Gasteiger partial charge on any atom is -0.391 e. The molecule has 4 heteroatoms. The van der Waals surface area contributed by atoms with E-state index >= 15 is 0 Å². The van der Waals surface area contributed by atoms with Crippen molar-refractivity contribution in [1.29, 1.82) is 0 Å². The summed E-state index contributed by atoms with van der Waals surface area (Å²) in [7, 11) is 1.83. The topological polar surface area (TPSA) is 61.4 Å². The summed E-state index contributed by atoms with van der Waals surface area (Å²) in [5, 5.41) is 15.6. The number of carbonyl (C=O) groups excluding carboxylic acids is 1. The SMILES string of the molecule is CNC(c1ccc2c(c1)CCC(=O)N2)C(C)O. The second kappa shape index (κ2) is 4.85. The Morgan fingerprint density at radius 2 is 2.18 bits per heavy atom. The summed E-state index contributed by atoms with van der Waals surface area (Å²) in [6, 6.07) is 5.84. The zero-order valence-corrected chi connectivity index (χ0v) is 10.2. The molecule has 0 radical (unpaired) electrons. The molecule has 0 aliphatic carbocycles. The van der Waals surface area contributed by atoms with Crippen LogP contribution < -0.4 is 10.6 Å². The summed E-state index contributed by atoms with van der Waals surface area (Å²) >= 11 is 0. The van der Waals surface area contributed by atoms with Crippen molar-refractivity contribution in [2.75, 3.05) is 12.4 Å². The average molecular weight is 234 g/mol. The second-order valence-electron chi connectivity index (χ2n) is 4.47. The van der Waals surface area contributed by atoms with Crippen molar-refractivity contribution in [1.82, 2.24) is 5.32 Å². The maximum atomic E-state index is 11.2. The Hall–Kier alpha value is -1.39. The van der Waals surface area contributed by atoms with Gasteiger partial charge < -0.3 is 15.7 Å². The number of anilines is 1. The van der Waals surface area contributed by atoms with Gasteiger partial charge in [-0.15, -0.1) is 0 Å². The Labute approximate surface area is 101 Å². The van der Waals surface area contributed by atoms with E-state index in [2.05, 4.69) is 16.7 Å². The van der Waals surface area contributed by atoms with E-state index in [1.54, 1.807) is 6.92 Å². The number of nitrogens with one attached hydrogen (secondary N) is 2. The van der Waals surface area contributed by atoms with E-state index in [-0.39, 0.29) is 11.9 Å². The number of aryl methyl sites for hydroxylation is 1. The molecule has 1 aromatic rings. The fourth-order valence-corrected chi connectivity index (χ4v) is 2.28. The summed E-state index contributed by atoms with van der Waals surface area (Å²) in [5.74, 6) is 0.0749. The first kappa shape index (κ1) is 12.1. The molecule has 2 atom stereocenters. The van der Waals surface area contributed by atoms with Crippen molar-refractivity contribution in [3.05, 3.63) is 29.3 Å². The van der Waals surface area contributed by atoms with Gasteiger partial charge in [0, 0.05) is 12.1 Å². The van der Waals surface area contributed by atoms with Gasteiger partial charge in [0.25, 0.3) is 0 Å². The molecule has 2 unspecified atom stereocenters. The van der Waals surface area contributed by atoms with E-state index in [1.807, 2.05) is 19.2 Å². The third-order valence-electron chi connectivity index (χ3n) is 3.18. The van der Waals surface area contributed by atoms with Gasteiger partial charge in [0.2, 0.25) is 5.91 Å². The predicted molar refractivity (Wildman–Crippen MR) is 66.9 cm³/mol. The van der Waals surface area contributed by atoms with Crippen LogP contribution in [0.4, 0.5) is 5.69 Å². The molecule has 2 rings (SSSR count). The van der Waals surface area contributed by atoms with Crippen molar-refractivity contribution in [2.45, 2.75) is 31.9 Å². The standard InChI is InChI=1S/C13H18N2O2/c1-8(16)13(14-2)10-3-5-11-9(7-10)4-6-12(17)15-11/h3,5,7-8,13-14,16H,4,6H2,1-2H3,(H,15,17). The van der Waals surface area contributed by atoms with E-state index in [1.165, 1.54) is 0 Å². The molecule has 0 saturated carbocycles. The lowest BCUT2D eigenvalue weighted by molar-refractivity contribution is -0.116. The number of hydrogen-bond donors (Lipinski definition) is 3. The fourth-order valence-electron chi connectivity index (χ4n) is 2.28. The van der Waals surface area contributed by atoms with E-state index in [4.69, 9.17) is 0 Å². The summed E-state index contributed by atoms with van der Waals surface area (Å²) in [5.41, 5.74) is 3.09. The molecule has 17 heavy (non-hydrogen) atoms. The van der Waals surface area contributed by atoms with Crippen LogP contribution in [-0.2, 0) is 11.2 Å². The van der Waals surface area contributed by atoms with Crippen molar-refractivity contribution >= 4 is 11.6 Å². The first-order valence-corrected chi connectivity index (χ1v) is 5.90. The van der Waals surface area contributed by atoms with Gasteiger partial charge in [-0.1, -0.05) is 12.1 Å². The number of aliphatic hydroxyl groups excluding tert-OH is 1. The Morgan fingerprint density at radius 1 is 1.41 bits per heavy atom. The highest BCUT2D eigenvalue weighted by molar-refractivity contribution is 5.93. The molecule has 3 N–H and O–H groups in total. The second-order valence-corrected chi connectivity index (χ2v) is 4.47. The molecule has 0 aromatic heterocycles. The van der Waals surface area contributed by atoms with Crippen LogP contribution in [-0.4, -0.2) is 24.2 Å². The monoisotopic (exact) mass is 234 g/mol. The number of aliphatic hydroxyl groups is 1. The van der Waals surface area contributed by atoms with Gasteiger partial charge in [0.1, 0.15) is 0 Å². The number of benzene rings is 1. The highest BCUT2D eigenvalue weighted by Crippen LogP contribution is 2.27. The minimum absolute atomic E-state index is 0.0714. The smallest absolute Gasteiger partial charge is 0.224 e. The Balaban J connectivity index is 2.30. The summed E-state index contributed by atoms with van der Waals surface area (Å²) in [6.07, 6.45) is 0.858. The summed E-state index contributed by atoms with van der Waals surface area (Å²) in [6.45, 7) is 1.77. The van der Waals surface area contributed by atoms with Crippen LogP contribution in [0.1, 0.15) is 30.5 Å². The van der Waals surface area contributed by atoms with Crippen LogP contribution in [0, 0.1) is 0 Å². The van der Waals surface area contributed by atoms with E-state index in [0.717, 1.165) is 23.2 Å². The third kappa shape index (κ3) is 2.48. The van der Waals surface area contributed by atoms with E-state index in [0.29, 0.717) is 6.42 Å². The van der Waals surface area contributed by atoms with Crippen molar-refractivity contribution in [2.24, 2.45) is 0 Å². The number of amides is 1. The molecular formula is C13H18N2O2. The molecule has 1 heterocycles. The molecule has 4 nitrogen and oxygen atoms in total. The molecule has 0 fully saturated rings. The normalized spacial score (nSPS) is 18.2. The van der Waals surface area contributed by atoms with Crippen LogP contribution >= 0.6 is 0 Å². The molecule has 1 aromatic carbocycles. The largest absolute Gasteiger partial charge is 0.391 e. The zero-order valence-electron chi connectivity index (χ0n) is 10.2. The number of carbonyl (C=O) groups is 1. The highest BCUT2D eigenvalue weighted by Gasteiger charge is 2.19. The van der Waals surface area contributed by atoms with Crippen molar-refractivity contribution in [3.8, 4) is 0 Å². The lowest BCUT2D eigenvalue weighted by Crippen LogP contribution is -2.27. The maximum Gasteiger partial charge on any atom is 0.224 e. The Kier molecular flexibility index (Phi) is 3.45. The van der Waals surface area contributed by atoms with E-state index < -0.39 is 6.10 Å². The molecule has 1 aliphatic heterocycles. The van der Waals surface area contributed by atoms with Gasteiger partial charge in [0.15, 0.2) is 0 Å². The first-order chi connectivity index (χ1) is 8.11.